The summed E-state index contributed by atoms with van der Waals surface area (Å²) in [4.78, 5) is 0. The van der Waals surface area contributed by atoms with Gasteiger partial charge in [0.2, 0.25) is 0 Å². The summed E-state index contributed by atoms with van der Waals surface area (Å²) in [6, 6.07) is 7.07. The summed E-state index contributed by atoms with van der Waals surface area (Å²) in [7, 11) is 0. The first-order valence-corrected chi connectivity index (χ1v) is 7.34. The Kier molecular flexibility index (Phi) is 4.45. The summed E-state index contributed by atoms with van der Waals surface area (Å²) in [5, 5.41) is 0. The molecule has 0 aromatic heterocycles. The third-order valence-electron chi connectivity index (χ3n) is 3.72. The lowest BCUT2D eigenvalue weighted by Crippen LogP contribution is -2.08. The molecule has 25 heavy (non-hydrogen) atoms. The Balaban J connectivity index is 1.91. The molecular weight excluding hydrogens is 347 g/mol. The fourth-order valence-electron chi connectivity index (χ4n) is 2.50. The van der Waals surface area contributed by atoms with Crippen molar-refractivity contribution in [3.8, 4) is 23.0 Å². The second kappa shape index (κ2) is 6.42. The molecule has 2 aromatic carbocycles. The van der Waals surface area contributed by atoms with E-state index in [9.17, 15) is 22.0 Å². The molecule has 2 aromatic rings. The Bertz CT molecular complexity index is 773. The maximum absolute atomic E-state index is 12.8. The summed E-state index contributed by atoms with van der Waals surface area (Å²) < 4.78 is 78.3. The van der Waals surface area contributed by atoms with Gasteiger partial charge in [0.1, 0.15) is 11.5 Å². The van der Waals surface area contributed by atoms with Crippen molar-refractivity contribution in [3.63, 3.8) is 0 Å². The largest absolute Gasteiger partial charge is 0.493 e. The Morgan fingerprint density at radius 3 is 2.52 bits per heavy atom. The Morgan fingerprint density at radius 1 is 1.08 bits per heavy atom. The Labute approximate surface area is 139 Å². The fourth-order valence-corrected chi connectivity index (χ4v) is 2.50. The van der Waals surface area contributed by atoms with E-state index in [4.69, 9.17) is 9.47 Å². The minimum atomic E-state index is -4.68. The first kappa shape index (κ1) is 17.3. The highest BCUT2D eigenvalue weighted by molar-refractivity contribution is 5.49. The second-order valence-electron chi connectivity index (χ2n) is 5.55. The lowest BCUT2D eigenvalue weighted by atomic mass is 10.0. The second-order valence-corrected chi connectivity index (χ2v) is 5.55. The maximum atomic E-state index is 12.8. The SMILES string of the molecule is CC1COc2cc(Oc3ccc(C(F)(F)F)cc3OC(F)F)ccc21. The van der Waals surface area contributed by atoms with E-state index in [0.717, 1.165) is 17.7 Å². The molecule has 1 unspecified atom stereocenters. The van der Waals surface area contributed by atoms with Gasteiger partial charge in [-0.15, -0.1) is 0 Å². The van der Waals surface area contributed by atoms with Gasteiger partial charge in [-0.05, 0) is 24.3 Å². The van der Waals surface area contributed by atoms with Gasteiger partial charge < -0.3 is 14.2 Å². The van der Waals surface area contributed by atoms with Crippen LogP contribution in [0, 0.1) is 0 Å². The van der Waals surface area contributed by atoms with Crippen LogP contribution >= 0.6 is 0 Å². The maximum Gasteiger partial charge on any atom is 0.416 e. The molecule has 1 atom stereocenters. The molecule has 0 aliphatic carbocycles. The van der Waals surface area contributed by atoms with Gasteiger partial charge in [0.25, 0.3) is 0 Å². The van der Waals surface area contributed by atoms with Crippen LogP contribution in [0.1, 0.15) is 24.0 Å². The molecular formula is C17H13F5O3. The van der Waals surface area contributed by atoms with E-state index in [-0.39, 0.29) is 17.4 Å². The van der Waals surface area contributed by atoms with Crippen LogP contribution in [0.25, 0.3) is 0 Å². The summed E-state index contributed by atoms with van der Waals surface area (Å²) in [5.41, 5.74) is -0.134. The van der Waals surface area contributed by atoms with E-state index in [1.54, 1.807) is 18.2 Å². The number of hydrogen-bond donors (Lipinski definition) is 0. The van der Waals surface area contributed by atoms with Crippen LogP contribution in [0.4, 0.5) is 22.0 Å². The quantitative estimate of drug-likeness (QED) is 0.665. The van der Waals surface area contributed by atoms with Crippen LogP contribution < -0.4 is 14.2 Å². The molecule has 0 bridgehead atoms. The van der Waals surface area contributed by atoms with Crippen LogP contribution in [-0.4, -0.2) is 13.2 Å². The highest BCUT2D eigenvalue weighted by Gasteiger charge is 2.32. The van der Waals surface area contributed by atoms with E-state index >= 15 is 0 Å². The summed E-state index contributed by atoms with van der Waals surface area (Å²) in [5.74, 6) is 0.103. The summed E-state index contributed by atoms with van der Waals surface area (Å²) >= 11 is 0. The van der Waals surface area contributed by atoms with Crippen molar-refractivity contribution < 1.29 is 36.2 Å². The first-order valence-electron chi connectivity index (χ1n) is 7.34. The molecule has 0 saturated heterocycles. The van der Waals surface area contributed by atoms with Gasteiger partial charge in [-0.1, -0.05) is 13.0 Å². The third kappa shape index (κ3) is 3.78. The predicted molar refractivity (Wildman–Crippen MR) is 78.5 cm³/mol. The van der Waals surface area contributed by atoms with Gasteiger partial charge in [0, 0.05) is 17.5 Å². The molecule has 0 fully saturated rings. The minimum Gasteiger partial charge on any atom is -0.493 e. The van der Waals surface area contributed by atoms with Crippen molar-refractivity contribution in [3.05, 3.63) is 47.5 Å². The first-order chi connectivity index (χ1) is 11.7. The zero-order valence-electron chi connectivity index (χ0n) is 12.9. The van der Waals surface area contributed by atoms with Crippen LogP contribution in [0.15, 0.2) is 36.4 Å². The highest BCUT2D eigenvalue weighted by atomic mass is 19.4. The molecule has 0 saturated carbocycles. The Hall–Kier alpha value is -2.51. The average molecular weight is 360 g/mol. The van der Waals surface area contributed by atoms with Crippen molar-refractivity contribution in [1.29, 1.82) is 0 Å². The molecule has 1 heterocycles. The molecule has 8 heteroatoms. The van der Waals surface area contributed by atoms with E-state index in [0.29, 0.717) is 18.4 Å². The van der Waals surface area contributed by atoms with Crippen LogP contribution in [0.3, 0.4) is 0 Å². The minimum absolute atomic E-state index is 0.216. The van der Waals surface area contributed by atoms with Crippen LogP contribution in [0.2, 0.25) is 0 Å². The van der Waals surface area contributed by atoms with E-state index in [2.05, 4.69) is 4.74 Å². The Morgan fingerprint density at radius 2 is 1.84 bits per heavy atom. The monoisotopic (exact) mass is 360 g/mol. The molecule has 0 spiro atoms. The van der Waals surface area contributed by atoms with Gasteiger partial charge in [-0.2, -0.15) is 22.0 Å². The van der Waals surface area contributed by atoms with Gasteiger partial charge in [-0.25, -0.2) is 0 Å². The molecule has 1 aliphatic heterocycles. The van der Waals surface area contributed by atoms with Crippen LogP contribution in [-0.2, 0) is 6.18 Å². The summed E-state index contributed by atoms with van der Waals surface area (Å²) in [6.45, 7) is -0.787. The van der Waals surface area contributed by atoms with Gasteiger partial charge in [0.05, 0.1) is 12.2 Å². The third-order valence-corrected chi connectivity index (χ3v) is 3.72. The zero-order chi connectivity index (χ0) is 18.2. The van der Waals surface area contributed by atoms with Crippen molar-refractivity contribution in [2.75, 3.05) is 6.61 Å². The van der Waals surface area contributed by atoms with Crippen molar-refractivity contribution in [1.82, 2.24) is 0 Å². The number of benzene rings is 2. The topological polar surface area (TPSA) is 27.7 Å². The van der Waals surface area contributed by atoms with Gasteiger partial charge in [-0.3, -0.25) is 0 Å². The summed E-state index contributed by atoms with van der Waals surface area (Å²) in [6.07, 6.45) is -4.68. The van der Waals surface area contributed by atoms with Crippen molar-refractivity contribution in [2.24, 2.45) is 0 Å². The molecule has 0 N–H and O–H groups in total. The highest BCUT2D eigenvalue weighted by Crippen LogP contribution is 2.41. The molecule has 0 radical (unpaired) electrons. The number of ether oxygens (including phenoxy) is 3. The molecule has 0 amide bonds. The average Bonchev–Trinajstić information content (AvgIpc) is 2.88. The lowest BCUT2D eigenvalue weighted by molar-refractivity contribution is -0.138. The number of rotatable bonds is 4. The molecule has 1 aliphatic rings. The van der Waals surface area contributed by atoms with E-state index in [1.165, 1.54) is 0 Å². The zero-order valence-corrected chi connectivity index (χ0v) is 12.9. The normalized spacial score (nSPS) is 16.5. The van der Waals surface area contributed by atoms with Crippen LogP contribution in [0.5, 0.6) is 23.0 Å². The van der Waals surface area contributed by atoms with Crippen molar-refractivity contribution in [2.45, 2.75) is 25.6 Å². The standard InChI is InChI=1S/C17H13F5O3/c1-9-8-23-14-7-11(3-4-12(9)14)24-13-5-2-10(17(20,21)22)6-15(13)25-16(18)19/h2-7,9,16H,8H2,1H3. The molecule has 134 valence electrons. The van der Waals surface area contributed by atoms with Gasteiger partial charge in [0.15, 0.2) is 11.5 Å². The predicted octanol–water partition coefficient (Wildman–Crippen LogP) is 5.60. The smallest absolute Gasteiger partial charge is 0.416 e. The van der Waals surface area contributed by atoms with Crippen molar-refractivity contribution >= 4 is 0 Å². The fraction of sp³-hybridized carbons (Fsp3) is 0.294. The van der Waals surface area contributed by atoms with E-state index < -0.39 is 24.1 Å². The molecule has 3 nitrogen and oxygen atoms in total. The number of halogens is 5. The number of fused-ring (bicyclic) bond motifs is 1. The van der Waals surface area contributed by atoms with E-state index in [1.807, 2.05) is 6.92 Å². The number of alkyl halides is 5. The molecule has 3 rings (SSSR count). The van der Waals surface area contributed by atoms with Gasteiger partial charge >= 0.3 is 12.8 Å². The lowest BCUT2D eigenvalue weighted by Gasteiger charge is -2.15. The number of hydrogen-bond acceptors (Lipinski definition) is 3.